The van der Waals surface area contributed by atoms with E-state index in [4.69, 9.17) is 13.9 Å². The van der Waals surface area contributed by atoms with Crippen LogP contribution in [0.3, 0.4) is 0 Å². The molecule has 0 saturated heterocycles. The van der Waals surface area contributed by atoms with Crippen molar-refractivity contribution in [1.29, 1.82) is 0 Å². The fourth-order valence-electron chi connectivity index (χ4n) is 3.14. The van der Waals surface area contributed by atoms with Crippen LogP contribution in [0.1, 0.15) is 53.9 Å². The maximum Gasteiger partial charge on any atom is 0.296 e. The second-order valence-corrected chi connectivity index (χ2v) is 6.52. The molecule has 0 radical (unpaired) electrons. The molecule has 1 aromatic heterocycles. The molecule has 1 amide bonds. The molecule has 0 unspecified atom stereocenters. The molecule has 1 aromatic carbocycles. The Hall–Kier alpha value is -2.50. The largest absolute Gasteiger partial charge is 0.497 e. The fraction of sp³-hybridized carbons (Fsp3) is 0.474. The number of amides is 1. The molecular weight excluding hydrogens is 320 g/mol. The molecule has 0 saturated carbocycles. The maximum absolute atomic E-state index is 13.1. The van der Waals surface area contributed by atoms with Crippen LogP contribution in [0.4, 0.5) is 5.69 Å². The SMILES string of the molecule is COc1cc2c(c(OC)c1)N(C(=O)c1oc(C(C)C)nc1C)CCC2. The number of methoxy groups -OCH3 is 2. The van der Waals surface area contributed by atoms with E-state index in [0.717, 1.165) is 29.8 Å². The Morgan fingerprint density at radius 2 is 2.04 bits per heavy atom. The first kappa shape index (κ1) is 17.3. The first-order chi connectivity index (χ1) is 12.0. The Morgan fingerprint density at radius 3 is 2.64 bits per heavy atom. The highest BCUT2D eigenvalue weighted by molar-refractivity contribution is 6.06. The monoisotopic (exact) mass is 344 g/mol. The summed E-state index contributed by atoms with van der Waals surface area (Å²) in [4.78, 5) is 19.3. The summed E-state index contributed by atoms with van der Waals surface area (Å²) in [5, 5.41) is 0. The normalized spacial score (nSPS) is 13.8. The number of carbonyl (C=O) groups is 1. The molecule has 1 aliphatic rings. The van der Waals surface area contributed by atoms with Crippen LogP contribution in [0.25, 0.3) is 0 Å². The predicted octanol–water partition coefficient (Wildman–Crippen LogP) is 3.72. The van der Waals surface area contributed by atoms with Crippen molar-refractivity contribution in [2.45, 2.75) is 39.5 Å². The second kappa shape index (κ2) is 6.78. The minimum Gasteiger partial charge on any atom is -0.497 e. The third-order valence-electron chi connectivity index (χ3n) is 4.43. The molecule has 0 atom stereocenters. The van der Waals surface area contributed by atoms with E-state index in [1.165, 1.54) is 0 Å². The van der Waals surface area contributed by atoms with Crippen molar-refractivity contribution in [2.75, 3.05) is 25.7 Å². The first-order valence-corrected chi connectivity index (χ1v) is 8.50. The molecule has 1 aliphatic heterocycles. The van der Waals surface area contributed by atoms with Crippen LogP contribution in [0.5, 0.6) is 11.5 Å². The summed E-state index contributed by atoms with van der Waals surface area (Å²) >= 11 is 0. The average Bonchev–Trinajstić information content (AvgIpc) is 3.01. The molecule has 2 aromatic rings. The van der Waals surface area contributed by atoms with E-state index in [1.807, 2.05) is 19.9 Å². The van der Waals surface area contributed by atoms with Gasteiger partial charge in [0.25, 0.3) is 5.91 Å². The van der Waals surface area contributed by atoms with E-state index >= 15 is 0 Å². The molecule has 25 heavy (non-hydrogen) atoms. The van der Waals surface area contributed by atoms with Crippen molar-refractivity contribution in [3.8, 4) is 11.5 Å². The fourth-order valence-corrected chi connectivity index (χ4v) is 3.14. The van der Waals surface area contributed by atoms with Crippen molar-refractivity contribution in [3.63, 3.8) is 0 Å². The third-order valence-corrected chi connectivity index (χ3v) is 4.43. The van der Waals surface area contributed by atoms with Crippen LogP contribution >= 0.6 is 0 Å². The van der Waals surface area contributed by atoms with Crippen LogP contribution in [-0.2, 0) is 6.42 Å². The number of ether oxygens (including phenoxy) is 2. The number of anilines is 1. The first-order valence-electron chi connectivity index (χ1n) is 8.50. The highest BCUT2D eigenvalue weighted by Crippen LogP contribution is 2.40. The molecular formula is C19H24N2O4. The lowest BCUT2D eigenvalue weighted by atomic mass is 10.00. The number of oxazole rings is 1. The van der Waals surface area contributed by atoms with Gasteiger partial charge in [0.1, 0.15) is 11.5 Å². The smallest absolute Gasteiger partial charge is 0.296 e. The van der Waals surface area contributed by atoms with Gasteiger partial charge in [-0.15, -0.1) is 0 Å². The Bertz CT molecular complexity index is 778. The van der Waals surface area contributed by atoms with Crippen molar-refractivity contribution < 1.29 is 18.7 Å². The lowest BCUT2D eigenvalue weighted by molar-refractivity contribution is 0.0954. The van der Waals surface area contributed by atoms with Gasteiger partial charge in [-0.25, -0.2) is 4.98 Å². The van der Waals surface area contributed by atoms with Gasteiger partial charge in [0.2, 0.25) is 5.76 Å². The minimum atomic E-state index is -0.179. The molecule has 6 nitrogen and oxygen atoms in total. The Balaban J connectivity index is 2.04. The molecule has 0 bridgehead atoms. The molecule has 6 heteroatoms. The summed E-state index contributed by atoms with van der Waals surface area (Å²) < 4.78 is 16.6. The van der Waals surface area contributed by atoms with Crippen LogP contribution in [0, 0.1) is 6.92 Å². The van der Waals surface area contributed by atoms with Gasteiger partial charge in [0, 0.05) is 18.5 Å². The Morgan fingerprint density at radius 1 is 1.28 bits per heavy atom. The van der Waals surface area contributed by atoms with Crippen LogP contribution in [0.15, 0.2) is 16.5 Å². The summed E-state index contributed by atoms with van der Waals surface area (Å²) in [5.41, 5.74) is 2.45. The molecule has 0 fully saturated rings. The van der Waals surface area contributed by atoms with Crippen LogP contribution in [-0.4, -0.2) is 31.7 Å². The van der Waals surface area contributed by atoms with E-state index in [0.29, 0.717) is 29.6 Å². The summed E-state index contributed by atoms with van der Waals surface area (Å²) in [7, 11) is 3.22. The maximum atomic E-state index is 13.1. The van der Waals surface area contributed by atoms with Gasteiger partial charge in [0.05, 0.1) is 25.6 Å². The van der Waals surface area contributed by atoms with Gasteiger partial charge >= 0.3 is 0 Å². The number of carbonyl (C=O) groups excluding carboxylic acids is 1. The molecule has 0 spiro atoms. The summed E-state index contributed by atoms with van der Waals surface area (Å²) in [5.74, 6) is 2.19. The number of benzene rings is 1. The van der Waals surface area contributed by atoms with Gasteiger partial charge in [-0.2, -0.15) is 0 Å². The molecule has 134 valence electrons. The highest BCUT2D eigenvalue weighted by Gasteiger charge is 2.31. The Labute approximate surface area is 147 Å². The van der Waals surface area contributed by atoms with E-state index in [9.17, 15) is 4.79 Å². The summed E-state index contributed by atoms with van der Waals surface area (Å²) in [6, 6.07) is 3.77. The molecule has 0 aliphatic carbocycles. The highest BCUT2D eigenvalue weighted by atomic mass is 16.5. The van der Waals surface area contributed by atoms with E-state index < -0.39 is 0 Å². The van der Waals surface area contributed by atoms with Gasteiger partial charge in [-0.3, -0.25) is 4.79 Å². The summed E-state index contributed by atoms with van der Waals surface area (Å²) in [6.07, 6.45) is 1.75. The number of fused-ring (bicyclic) bond motifs is 1. The zero-order valence-electron chi connectivity index (χ0n) is 15.4. The van der Waals surface area contributed by atoms with Crippen molar-refractivity contribution in [1.82, 2.24) is 4.98 Å². The van der Waals surface area contributed by atoms with Gasteiger partial charge in [0.15, 0.2) is 5.89 Å². The number of nitrogens with zero attached hydrogens (tertiary/aromatic N) is 2. The molecule has 0 N–H and O–H groups in total. The lowest BCUT2D eigenvalue weighted by Crippen LogP contribution is -2.36. The number of aromatic nitrogens is 1. The van der Waals surface area contributed by atoms with Gasteiger partial charge < -0.3 is 18.8 Å². The third kappa shape index (κ3) is 3.08. The average molecular weight is 344 g/mol. The van der Waals surface area contributed by atoms with E-state index in [-0.39, 0.29) is 11.8 Å². The number of hydrogen-bond acceptors (Lipinski definition) is 5. The van der Waals surface area contributed by atoms with E-state index in [2.05, 4.69) is 4.98 Å². The van der Waals surface area contributed by atoms with E-state index in [1.54, 1.807) is 32.1 Å². The van der Waals surface area contributed by atoms with Crippen LogP contribution in [0.2, 0.25) is 0 Å². The second-order valence-electron chi connectivity index (χ2n) is 6.52. The zero-order valence-corrected chi connectivity index (χ0v) is 15.4. The number of rotatable bonds is 4. The topological polar surface area (TPSA) is 64.8 Å². The minimum absolute atomic E-state index is 0.132. The molecule has 3 rings (SSSR count). The van der Waals surface area contributed by atoms with Crippen molar-refractivity contribution in [2.24, 2.45) is 0 Å². The van der Waals surface area contributed by atoms with Gasteiger partial charge in [-0.05, 0) is 31.4 Å². The lowest BCUT2D eigenvalue weighted by Gasteiger charge is -2.30. The van der Waals surface area contributed by atoms with Crippen LogP contribution < -0.4 is 14.4 Å². The standard InChI is InChI=1S/C19H24N2O4/c1-11(2)18-20-12(3)17(25-18)19(22)21-8-6-7-13-9-14(23-4)10-15(24-5)16(13)21/h9-11H,6-8H2,1-5H3. The van der Waals surface area contributed by atoms with Crippen molar-refractivity contribution >= 4 is 11.6 Å². The zero-order chi connectivity index (χ0) is 18.1. The number of aryl methyl sites for hydroxylation is 2. The number of hydrogen-bond donors (Lipinski definition) is 0. The quantitative estimate of drug-likeness (QED) is 0.846. The van der Waals surface area contributed by atoms with Gasteiger partial charge in [-0.1, -0.05) is 13.8 Å². The molecule has 2 heterocycles. The summed E-state index contributed by atoms with van der Waals surface area (Å²) in [6.45, 7) is 6.40. The van der Waals surface area contributed by atoms with Crippen molar-refractivity contribution in [3.05, 3.63) is 35.0 Å². The predicted molar refractivity (Wildman–Crippen MR) is 94.9 cm³/mol. The Kier molecular flexibility index (Phi) is 4.70.